The van der Waals surface area contributed by atoms with Crippen LogP contribution in [0.3, 0.4) is 0 Å². The van der Waals surface area contributed by atoms with Gasteiger partial charge >= 0.3 is 0 Å². The van der Waals surface area contributed by atoms with Gasteiger partial charge in [-0.05, 0) is 45.2 Å². The summed E-state index contributed by atoms with van der Waals surface area (Å²) in [6.45, 7) is 9.96. The lowest BCUT2D eigenvalue weighted by Crippen LogP contribution is -2.48. The number of nitrogens with zero attached hydrogens (tertiary/aromatic N) is 3. The van der Waals surface area contributed by atoms with E-state index in [1.165, 1.54) is 25.7 Å². The molecule has 1 aromatic heterocycles. The number of amides is 1. The minimum atomic E-state index is -0.0213. The molecule has 0 bridgehead atoms. The molecule has 0 radical (unpaired) electrons. The number of fused-ring (bicyclic) bond motifs is 1. The number of hydrogen-bond donors (Lipinski definition) is 0. The monoisotopic (exact) mass is 347 g/mol. The first-order valence-corrected chi connectivity index (χ1v) is 10.0. The van der Waals surface area contributed by atoms with Gasteiger partial charge in [0.25, 0.3) is 0 Å². The van der Waals surface area contributed by atoms with Gasteiger partial charge in [0, 0.05) is 19.4 Å². The molecule has 2 aliphatic heterocycles. The van der Waals surface area contributed by atoms with Gasteiger partial charge in [0.1, 0.15) is 11.5 Å². The topological polar surface area (TPSA) is 49.6 Å². The summed E-state index contributed by atoms with van der Waals surface area (Å²) < 4.78 is 5.92. The van der Waals surface area contributed by atoms with Crippen LogP contribution in [0.4, 0.5) is 0 Å². The number of oxazole rings is 1. The van der Waals surface area contributed by atoms with Gasteiger partial charge in [-0.1, -0.05) is 26.7 Å². The summed E-state index contributed by atoms with van der Waals surface area (Å²) in [7, 11) is 0. The van der Waals surface area contributed by atoms with Gasteiger partial charge in [0.15, 0.2) is 5.89 Å². The number of carbonyl (C=O) groups is 1. The highest BCUT2D eigenvalue weighted by Crippen LogP contribution is 2.23. The third-order valence-electron chi connectivity index (χ3n) is 5.56. The number of aromatic nitrogens is 1. The van der Waals surface area contributed by atoms with E-state index in [4.69, 9.17) is 4.42 Å². The maximum atomic E-state index is 13.0. The first kappa shape index (κ1) is 18.4. The van der Waals surface area contributed by atoms with Crippen LogP contribution in [0.5, 0.6) is 0 Å². The second-order valence-electron chi connectivity index (χ2n) is 8.05. The Bertz CT molecular complexity index is 573. The molecule has 1 aromatic rings. The van der Waals surface area contributed by atoms with Gasteiger partial charge in [-0.15, -0.1) is 0 Å². The number of aryl methyl sites for hydroxylation is 1. The summed E-state index contributed by atoms with van der Waals surface area (Å²) in [5, 5.41) is 0. The Labute approximate surface area is 151 Å². The summed E-state index contributed by atoms with van der Waals surface area (Å²) in [5.41, 5.74) is 0.974. The molecule has 3 rings (SSSR count). The summed E-state index contributed by atoms with van der Waals surface area (Å²) in [6.07, 6.45) is 7.79. The van der Waals surface area contributed by atoms with E-state index >= 15 is 0 Å². The Balaban J connectivity index is 1.60. The smallest absolute Gasteiger partial charge is 0.240 e. The third-order valence-corrected chi connectivity index (χ3v) is 5.56. The maximum Gasteiger partial charge on any atom is 0.240 e. The van der Waals surface area contributed by atoms with E-state index in [2.05, 4.69) is 30.7 Å². The SMILES string of the molecule is CC(C)CCc1nc2c(o1)CCN(C(=O)C(C)N1CCCCCC1)C2. The lowest BCUT2D eigenvalue weighted by molar-refractivity contribution is -0.137. The van der Waals surface area contributed by atoms with Crippen LogP contribution in [0, 0.1) is 5.92 Å². The molecule has 0 aliphatic carbocycles. The summed E-state index contributed by atoms with van der Waals surface area (Å²) in [5.74, 6) is 2.73. The Hall–Kier alpha value is -1.36. The average Bonchev–Trinajstić information content (AvgIpc) is 2.81. The quantitative estimate of drug-likeness (QED) is 0.819. The zero-order valence-corrected chi connectivity index (χ0v) is 16.1. The first-order valence-electron chi connectivity index (χ1n) is 10.0. The van der Waals surface area contributed by atoms with Crippen molar-refractivity contribution in [1.82, 2.24) is 14.8 Å². The van der Waals surface area contributed by atoms with Crippen LogP contribution < -0.4 is 0 Å². The third kappa shape index (κ3) is 4.63. The molecular formula is C20H33N3O2. The Morgan fingerprint density at radius 1 is 1.12 bits per heavy atom. The molecule has 2 aliphatic rings. The highest BCUT2D eigenvalue weighted by atomic mass is 16.4. The summed E-state index contributed by atoms with van der Waals surface area (Å²) in [6, 6.07) is -0.0213. The van der Waals surface area contributed by atoms with Crippen molar-refractivity contribution in [2.75, 3.05) is 19.6 Å². The molecular weight excluding hydrogens is 314 g/mol. The number of likely N-dealkylation sites (tertiary alicyclic amines) is 1. The predicted octanol–water partition coefficient (Wildman–Crippen LogP) is 3.41. The molecule has 140 valence electrons. The molecule has 5 nitrogen and oxygen atoms in total. The van der Waals surface area contributed by atoms with E-state index in [0.29, 0.717) is 12.5 Å². The molecule has 3 heterocycles. The van der Waals surface area contributed by atoms with E-state index in [9.17, 15) is 4.79 Å². The molecule has 25 heavy (non-hydrogen) atoms. The van der Waals surface area contributed by atoms with Gasteiger partial charge in [-0.25, -0.2) is 4.98 Å². The number of rotatable bonds is 5. The van der Waals surface area contributed by atoms with Crippen LogP contribution >= 0.6 is 0 Å². The molecule has 1 saturated heterocycles. The Kier molecular flexibility index (Phi) is 6.15. The van der Waals surface area contributed by atoms with Crippen LogP contribution in [0.15, 0.2) is 4.42 Å². The van der Waals surface area contributed by atoms with E-state index in [0.717, 1.165) is 56.2 Å². The summed E-state index contributed by atoms with van der Waals surface area (Å²) >= 11 is 0. The normalized spacial score (nSPS) is 20.4. The van der Waals surface area contributed by atoms with Crippen molar-refractivity contribution < 1.29 is 9.21 Å². The van der Waals surface area contributed by atoms with E-state index in [1.807, 2.05) is 4.90 Å². The fourth-order valence-corrected chi connectivity index (χ4v) is 3.86. The highest BCUT2D eigenvalue weighted by molar-refractivity contribution is 5.81. The van der Waals surface area contributed by atoms with Crippen molar-refractivity contribution in [3.63, 3.8) is 0 Å². The number of carbonyl (C=O) groups excluding carboxylic acids is 1. The molecule has 0 N–H and O–H groups in total. The van der Waals surface area contributed by atoms with Crippen molar-refractivity contribution in [3.05, 3.63) is 17.3 Å². The van der Waals surface area contributed by atoms with Gasteiger partial charge in [0.2, 0.25) is 5.91 Å². The minimum Gasteiger partial charge on any atom is -0.445 e. The van der Waals surface area contributed by atoms with Crippen LogP contribution in [0.25, 0.3) is 0 Å². The Morgan fingerprint density at radius 2 is 1.84 bits per heavy atom. The van der Waals surface area contributed by atoms with Gasteiger partial charge in [-0.2, -0.15) is 0 Å². The zero-order chi connectivity index (χ0) is 17.8. The van der Waals surface area contributed by atoms with Crippen molar-refractivity contribution in [3.8, 4) is 0 Å². The molecule has 5 heteroatoms. The summed E-state index contributed by atoms with van der Waals surface area (Å²) in [4.78, 5) is 22.0. The fourth-order valence-electron chi connectivity index (χ4n) is 3.86. The number of hydrogen-bond acceptors (Lipinski definition) is 4. The highest BCUT2D eigenvalue weighted by Gasteiger charge is 2.30. The van der Waals surface area contributed by atoms with Crippen molar-refractivity contribution in [1.29, 1.82) is 0 Å². The molecule has 1 unspecified atom stereocenters. The van der Waals surface area contributed by atoms with Crippen molar-refractivity contribution in [2.24, 2.45) is 5.92 Å². The molecule has 1 atom stereocenters. The molecule has 1 amide bonds. The second-order valence-corrected chi connectivity index (χ2v) is 8.05. The standard InChI is InChI=1S/C20H33N3O2/c1-15(2)8-9-19-21-17-14-23(13-10-18(17)25-19)20(24)16(3)22-11-6-4-5-7-12-22/h15-16H,4-14H2,1-3H3. The van der Waals surface area contributed by atoms with Crippen molar-refractivity contribution in [2.45, 2.75) is 78.3 Å². The predicted molar refractivity (Wildman–Crippen MR) is 98.3 cm³/mol. The van der Waals surface area contributed by atoms with Gasteiger partial charge in [0.05, 0.1) is 12.6 Å². The second kappa shape index (κ2) is 8.35. The van der Waals surface area contributed by atoms with Crippen LogP contribution in [0.1, 0.15) is 70.2 Å². The molecule has 1 fully saturated rings. The molecule has 0 saturated carbocycles. The lowest BCUT2D eigenvalue weighted by atomic mass is 10.1. The molecule has 0 spiro atoms. The minimum absolute atomic E-state index is 0.0213. The van der Waals surface area contributed by atoms with Gasteiger partial charge in [-0.3, -0.25) is 9.69 Å². The van der Waals surface area contributed by atoms with E-state index in [-0.39, 0.29) is 11.9 Å². The average molecular weight is 348 g/mol. The zero-order valence-electron chi connectivity index (χ0n) is 16.1. The van der Waals surface area contributed by atoms with Crippen LogP contribution in [0.2, 0.25) is 0 Å². The van der Waals surface area contributed by atoms with Crippen LogP contribution in [-0.4, -0.2) is 46.4 Å². The van der Waals surface area contributed by atoms with Gasteiger partial charge < -0.3 is 9.32 Å². The fraction of sp³-hybridized carbons (Fsp3) is 0.800. The Morgan fingerprint density at radius 3 is 2.52 bits per heavy atom. The largest absolute Gasteiger partial charge is 0.445 e. The lowest BCUT2D eigenvalue weighted by Gasteiger charge is -2.33. The van der Waals surface area contributed by atoms with E-state index in [1.54, 1.807) is 0 Å². The van der Waals surface area contributed by atoms with E-state index < -0.39 is 0 Å². The van der Waals surface area contributed by atoms with Crippen LogP contribution in [-0.2, 0) is 24.2 Å². The molecule has 0 aromatic carbocycles. The maximum absolute atomic E-state index is 13.0. The first-order chi connectivity index (χ1) is 12.0. The van der Waals surface area contributed by atoms with Crippen molar-refractivity contribution >= 4 is 5.91 Å².